The number of halogens is 3. The summed E-state index contributed by atoms with van der Waals surface area (Å²) in [6.07, 6.45) is 2.21. The standard InChI is InChI=1S/C24H33F3N2O2/c1-2-8-22(30)29-15-13-17(14-16-29)23(31)28-21-12-5-3-4-10-19(21)18-9-6-7-11-20(18)24(25,26)27/h6-7,9,11,17,19,21H,2-5,8,10,12-16H2,1H3,(H,28,31)/t19-,21+/m1/s1. The third-order valence-electron chi connectivity index (χ3n) is 6.69. The first-order valence-electron chi connectivity index (χ1n) is 11.6. The molecule has 172 valence electrons. The topological polar surface area (TPSA) is 49.4 Å². The minimum Gasteiger partial charge on any atom is -0.353 e. The lowest BCUT2D eigenvalue weighted by Gasteiger charge is -2.34. The van der Waals surface area contributed by atoms with Crippen molar-refractivity contribution in [3.63, 3.8) is 0 Å². The summed E-state index contributed by atoms with van der Waals surface area (Å²) < 4.78 is 40.9. The number of carbonyl (C=O) groups excluding carboxylic acids is 2. The Morgan fingerprint density at radius 2 is 1.71 bits per heavy atom. The summed E-state index contributed by atoms with van der Waals surface area (Å²) in [5.74, 6) is -0.471. The molecular formula is C24H33F3N2O2. The molecule has 1 aliphatic heterocycles. The van der Waals surface area contributed by atoms with Crippen molar-refractivity contribution in [1.29, 1.82) is 0 Å². The Bertz CT molecular complexity index is 757. The third-order valence-corrected chi connectivity index (χ3v) is 6.69. The second kappa shape index (κ2) is 10.5. The van der Waals surface area contributed by atoms with Gasteiger partial charge >= 0.3 is 6.18 Å². The predicted molar refractivity (Wildman–Crippen MR) is 113 cm³/mol. The molecule has 1 saturated heterocycles. The van der Waals surface area contributed by atoms with Crippen molar-refractivity contribution in [2.24, 2.45) is 5.92 Å². The van der Waals surface area contributed by atoms with Crippen LogP contribution in [0.2, 0.25) is 0 Å². The normalized spacial score (nSPS) is 23.3. The lowest BCUT2D eigenvalue weighted by Crippen LogP contribution is -2.46. The largest absolute Gasteiger partial charge is 0.416 e. The van der Waals surface area contributed by atoms with E-state index in [2.05, 4.69) is 5.32 Å². The van der Waals surface area contributed by atoms with Gasteiger partial charge in [0.05, 0.1) is 5.56 Å². The minimum atomic E-state index is -4.41. The Hall–Kier alpha value is -2.05. The predicted octanol–water partition coefficient (Wildman–Crippen LogP) is 5.28. The monoisotopic (exact) mass is 438 g/mol. The number of carbonyl (C=O) groups is 2. The molecule has 2 amide bonds. The Morgan fingerprint density at radius 3 is 2.39 bits per heavy atom. The third kappa shape index (κ3) is 6.01. The second-order valence-corrected chi connectivity index (χ2v) is 8.85. The number of rotatable bonds is 5. The first-order valence-corrected chi connectivity index (χ1v) is 11.6. The lowest BCUT2D eigenvalue weighted by atomic mass is 9.84. The molecule has 1 aliphatic carbocycles. The fourth-order valence-electron chi connectivity index (χ4n) is 4.99. The molecule has 1 aromatic carbocycles. The molecule has 0 bridgehead atoms. The number of hydrogen-bond acceptors (Lipinski definition) is 2. The maximum atomic E-state index is 13.6. The summed E-state index contributed by atoms with van der Waals surface area (Å²) in [6.45, 7) is 3.11. The number of likely N-dealkylation sites (tertiary alicyclic amines) is 1. The van der Waals surface area contributed by atoms with Crippen LogP contribution >= 0.6 is 0 Å². The molecule has 2 fully saturated rings. The van der Waals surface area contributed by atoms with Crippen molar-refractivity contribution in [3.05, 3.63) is 35.4 Å². The van der Waals surface area contributed by atoms with Crippen molar-refractivity contribution in [2.45, 2.75) is 82.8 Å². The van der Waals surface area contributed by atoms with Gasteiger partial charge in [0.25, 0.3) is 0 Å². The highest BCUT2D eigenvalue weighted by Crippen LogP contribution is 2.40. The van der Waals surface area contributed by atoms with E-state index in [1.807, 2.05) is 11.8 Å². The molecule has 3 rings (SSSR count). The summed E-state index contributed by atoms with van der Waals surface area (Å²) in [7, 11) is 0. The molecule has 2 atom stereocenters. The number of benzene rings is 1. The Labute approximate surface area is 182 Å². The van der Waals surface area contributed by atoms with Crippen LogP contribution in [0.15, 0.2) is 24.3 Å². The van der Waals surface area contributed by atoms with E-state index in [9.17, 15) is 22.8 Å². The molecular weight excluding hydrogens is 405 g/mol. The van der Waals surface area contributed by atoms with Crippen molar-refractivity contribution >= 4 is 11.8 Å². The van der Waals surface area contributed by atoms with Gasteiger partial charge in [0, 0.05) is 37.4 Å². The summed E-state index contributed by atoms with van der Waals surface area (Å²) in [6, 6.07) is 5.48. The maximum absolute atomic E-state index is 13.6. The zero-order valence-corrected chi connectivity index (χ0v) is 18.2. The molecule has 1 heterocycles. The Balaban J connectivity index is 1.69. The molecule has 0 aromatic heterocycles. The van der Waals surface area contributed by atoms with Gasteiger partial charge in [-0.05, 0) is 43.7 Å². The first-order chi connectivity index (χ1) is 14.8. The van der Waals surface area contributed by atoms with Gasteiger partial charge in [0.15, 0.2) is 0 Å². The second-order valence-electron chi connectivity index (χ2n) is 8.85. The lowest BCUT2D eigenvalue weighted by molar-refractivity contribution is -0.138. The van der Waals surface area contributed by atoms with E-state index in [0.29, 0.717) is 50.8 Å². The van der Waals surface area contributed by atoms with Crippen LogP contribution in [-0.4, -0.2) is 35.8 Å². The zero-order chi connectivity index (χ0) is 22.4. The highest BCUT2D eigenvalue weighted by atomic mass is 19.4. The van der Waals surface area contributed by atoms with E-state index in [4.69, 9.17) is 0 Å². The van der Waals surface area contributed by atoms with E-state index in [1.54, 1.807) is 12.1 Å². The Kier molecular flexibility index (Phi) is 8.00. The van der Waals surface area contributed by atoms with E-state index in [0.717, 1.165) is 31.7 Å². The fourth-order valence-corrected chi connectivity index (χ4v) is 4.99. The molecule has 4 nitrogen and oxygen atoms in total. The fraction of sp³-hybridized carbons (Fsp3) is 0.667. The van der Waals surface area contributed by atoms with Gasteiger partial charge in [-0.1, -0.05) is 44.4 Å². The van der Waals surface area contributed by atoms with Gasteiger partial charge in [-0.2, -0.15) is 13.2 Å². The van der Waals surface area contributed by atoms with Crippen LogP contribution in [0.4, 0.5) is 13.2 Å². The van der Waals surface area contributed by atoms with E-state index in [1.165, 1.54) is 6.07 Å². The molecule has 1 aromatic rings. The number of piperidine rings is 1. The summed E-state index contributed by atoms with van der Waals surface area (Å²) in [4.78, 5) is 26.9. The van der Waals surface area contributed by atoms with Crippen molar-refractivity contribution in [3.8, 4) is 0 Å². The van der Waals surface area contributed by atoms with Crippen molar-refractivity contribution in [1.82, 2.24) is 10.2 Å². The SMILES string of the molecule is CCCC(=O)N1CCC(C(=O)N[C@H]2CCCCC[C@@H]2c2ccccc2C(F)(F)F)CC1. The van der Waals surface area contributed by atoms with Gasteiger partial charge in [-0.15, -0.1) is 0 Å². The van der Waals surface area contributed by atoms with Crippen LogP contribution in [0.5, 0.6) is 0 Å². The zero-order valence-electron chi connectivity index (χ0n) is 18.2. The van der Waals surface area contributed by atoms with Gasteiger partial charge in [0.2, 0.25) is 11.8 Å². The van der Waals surface area contributed by atoms with Gasteiger partial charge in [0.1, 0.15) is 0 Å². The molecule has 7 heteroatoms. The summed E-state index contributed by atoms with van der Waals surface area (Å²) in [5, 5.41) is 3.12. The summed E-state index contributed by atoms with van der Waals surface area (Å²) in [5.41, 5.74) is -0.300. The van der Waals surface area contributed by atoms with Gasteiger partial charge in [-0.3, -0.25) is 9.59 Å². The maximum Gasteiger partial charge on any atom is 0.416 e. The van der Waals surface area contributed by atoms with Gasteiger partial charge in [-0.25, -0.2) is 0 Å². The Morgan fingerprint density at radius 1 is 1.03 bits per heavy atom. The molecule has 31 heavy (non-hydrogen) atoms. The van der Waals surface area contributed by atoms with Crippen molar-refractivity contribution in [2.75, 3.05) is 13.1 Å². The van der Waals surface area contributed by atoms with Crippen LogP contribution in [0.25, 0.3) is 0 Å². The quantitative estimate of drug-likeness (QED) is 0.636. The molecule has 1 saturated carbocycles. The van der Waals surface area contributed by atoms with Gasteiger partial charge < -0.3 is 10.2 Å². The molecule has 2 aliphatic rings. The average Bonchev–Trinajstić information content (AvgIpc) is 2.98. The molecule has 0 unspecified atom stereocenters. The van der Waals surface area contributed by atoms with E-state index in [-0.39, 0.29) is 29.7 Å². The molecule has 0 spiro atoms. The van der Waals surface area contributed by atoms with E-state index >= 15 is 0 Å². The smallest absolute Gasteiger partial charge is 0.353 e. The number of amides is 2. The van der Waals surface area contributed by atoms with Crippen LogP contribution in [0.1, 0.15) is 81.8 Å². The number of hydrogen-bond donors (Lipinski definition) is 1. The van der Waals surface area contributed by atoms with Crippen LogP contribution < -0.4 is 5.32 Å². The van der Waals surface area contributed by atoms with Crippen LogP contribution in [0, 0.1) is 5.92 Å². The van der Waals surface area contributed by atoms with Crippen LogP contribution in [0.3, 0.4) is 0 Å². The summed E-state index contributed by atoms with van der Waals surface area (Å²) >= 11 is 0. The number of nitrogens with zero attached hydrogens (tertiary/aromatic N) is 1. The first kappa shape index (κ1) is 23.6. The highest BCUT2D eigenvalue weighted by molar-refractivity contribution is 5.80. The number of nitrogens with one attached hydrogen (secondary N) is 1. The van der Waals surface area contributed by atoms with Crippen molar-refractivity contribution < 1.29 is 22.8 Å². The van der Waals surface area contributed by atoms with E-state index < -0.39 is 11.7 Å². The van der Waals surface area contributed by atoms with Crippen LogP contribution in [-0.2, 0) is 15.8 Å². The molecule has 0 radical (unpaired) electrons. The minimum absolute atomic E-state index is 0.0796. The highest BCUT2D eigenvalue weighted by Gasteiger charge is 2.38. The number of alkyl halides is 3. The molecule has 1 N–H and O–H groups in total. The average molecular weight is 439 g/mol.